The van der Waals surface area contributed by atoms with Crippen LogP contribution in [0.15, 0.2) is 22.7 Å². The molecule has 6 heteroatoms. The number of hydrogen-bond acceptors (Lipinski definition) is 4. The first-order valence-electron chi connectivity index (χ1n) is 6.14. The molecular weight excluding hydrogens is 329 g/mol. The summed E-state index contributed by atoms with van der Waals surface area (Å²) >= 11 is 4.77. The Morgan fingerprint density at radius 3 is 2.89 bits per heavy atom. The Morgan fingerprint density at radius 1 is 1.42 bits per heavy atom. The Bertz CT molecular complexity index is 538. The van der Waals surface area contributed by atoms with E-state index in [1.807, 2.05) is 6.92 Å². The van der Waals surface area contributed by atoms with Crippen molar-refractivity contribution in [1.29, 1.82) is 0 Å². The van der Waals surface area contributed by atoms with Crippen LogP contribution >= 0.6 is 27.3 Å². The molecule has 1 heterocycles. The first-order valence-corrected chi connectivity index (χ1v) is 7.75. The van der Waals surface area contributed by atoms with Gasteiger partial charge in [0.25, 0.3) is 0 Å². The lowest BCUT2D eigenvalue weighted by Gasteiger charge is -2.08. The number of rotatable bonds is 5. The molecule has 1 aromatic carbocycles. The highest BCUT2D eigenvalue weighted by atomic mass is 79.9. The lowest BCUT2D eigenvalue weighted by Crippen LogP contribution is -2.18. The standard InChI is InChI=1S/C13H15BrFN3S/c1-3-7-16-8(2)12-17-18-13(19-12)11-9(14)5-4-6-10(11)15/h4-6,8,16H,3,7H2,1-2H3. The van der Waals surface area contributed by atoms with Gasteiger partial charge in [-0.2, -0.15) is 0 Å². The average Bonchev–Trinajstić information content (AvgIpc) is 2.85. The van der Waals surface area contributed by atoms with Crippen molar-refractivity contribution < 1.29 is 4.39 Å². The lowest BCUT2D eigenvalue weighted by molar-refractivity contribution is 0.564. The molecule has 19 heavy (non-hydrogen) atoms. The van der Waals surface area contributed by atoms with E-state index in [-0.39, 0.29) is 11.9 Å². The van der Waals surface area contributed by atoms with Crippen molar-refractivity contribution in [3.8, 4) is 10.6 Å². The minimum absolute atomic E-state index is 0.136. The number of aromatic nitrogens is 2. The summed E-state index contributed by atoms with van der Waals surface area (Å²) in [5.41, 5.74) is 0.481. The molecule has 0 saturated carbocycles. The van der Waals surface area contributed by atoms with Gasteiger partial charge in [-0.05, 0) is 48.0 Å². The van der Waals surface area contributed by atoms with E-state index >= 15 is 0 Å². The first-order chi connectivity index (χ1) is 9.13. The number of benzene rings is 1. The van der Waals surface area contributed by atoms with Crippen molar-refractivity contribution in [2.75, 3.05) is 6.54 Å². The van der Waals surface area contributed by atoms with Crippen molar-refractivity contribution in [2.24, 2.45) is 0 Å². The van der Waals surface area contributed by atoms with Crippen molar-refractivity contribution in [1.82, 2.24) is 15.5 Å². The number of hydrogen-bond donors (Lipinski definition) is 1. The van der Waals surface area contributed by atoms with Gasteiger partial charge < -0.3 is 5.32 Å². The Kier molecular flexibility index (Phi) is 5.01. The molecule has 0 aliphatic carbocycles. The number of nitrogens with one attached hydrogen (secondary N) is 1. The molecule has 2 aromatic rings. The van der Waals surface area contributed by atoms with Gasteiger partial charge in [-0.1, -0.05) is 24.3 Å². The minimum atomic E-state index is -0.286. The van der Waals surface area contributed by atoms with Crippen molar-refractivity contribution in [3.63, 3.8) is 0 Å². The van der Waals surface area contributed by atoms with Crippen molar-refractivity contribution >= 4 is 27.3 Å². The lowest BCUT2D eigenvalue weighted by atomic mass is 10.2. The molecule has 0 radical (unpaired) electrons. The van der Waals surface area contributed by atoms with Gasteiger partial charge in [0.2, 0.25) is 0 Å². The summed E-state index contributed by atoms with van der Waals surface area (Å²) in [6.07, 6.45) is 1.06. The Morgan fingerprint density at radius 2 is 2.21 bits per heavy atom. The van der Waals surface area contributed by atoms with Crippen molar-refractivity contribution in [3.05, 3.63) is 33.5 Å². The van der Waals surface area contributed by atoms with E-state index < -0.39 is 0 Å². The van der Waals surface area contributed by atoms with Crippen LogP contribution in [0.3, 0.4) is 0 Å². The van der Waals surface area contributed by atoms with Gasteiger partial charge in [0, 0.05) is 4.47 Å². The summed E-state index contributed by atoms with van der Waals surface area (Å²) in [4.78, 5) is 0. The second-order valence-corrected chi connectivity index (χ2v) is 6.08. The fraction of sp³-hybridized carbons (Fsp3) is 0.385. The minimum Gasteiger partial charge on any atom is -0.308 e. The van der Waals surface area contributed by atoms with Crippen LogP contribution in [0.25, 0.3) is 10.6 Å². The second-order valence-electron chi connectivity index (χ2n) is 4.22. The zero-order valence-corrected chi connectivity index (χ0v) is 13.2. The van der Waals surface area contributed by atoms with Crippen LogP contribution in [0.1, 0.15) is 31.3 Å². The third kappa shape index (κ3) is 3.38. The summed E-state index contributed by atoms with van der Waals surface area (Å²) in [5.74, 6) is -0.286. The van der Waals surface area contributed by atoms with Crippen LogP contribution in [0.2, 0.25) is 0 Å². The highest BCUT2D eigenvalue weighted by Crippen LogP contribution is 2.34. The predicted octanol–water partition coefficient (Wildman–Crippen LogP) is 4.17. The molecule has 3 nitrogen and oxygen atoms in total. The molecular formula is C13H15BrFN3S. The predicted molar refractivity (Wildman–Crippen MR) is 79.7 cm³/mol. The molecule has 0 fully saturated rings. The van der Waals surface area contributed by atoms with E-state index in [0.717, 1.165) is 18.0 Å². The van der Waals surface area contributed by atoms with Crippen LogP contribution in [-0.4, -0.2) is 16.7 Å². The van der Waals surface area contributed by atoms with E-state index in [1.54, 1.807) is 12.1 Å². The highest BCUT2D eigenvalue weighted by molar-refractivity contribution is 9.10. The maximum absolute atomic E-state index is 13.8. The third-order valence-corrected chi connectivity index (χ3v) is 4.47. The zero-order chi connectivity index (χ0) is 13.8. The van der Waals surface area contributed by atoms with Crippen LogP contribution in [0.5, 0.6) is 0 Å². The maximum Gasteiger partial charge on any atom is 0.151 e. The summed E-state index contributed by atoms with van der Waals surface area (Å²) in [5, 5.41) is 13.1. The van der Waals surface area contributed by atoms with E-state index in [0.29, 0.717) is 15.0 Å². The first kappa shape index (κ1) is 14.6. The molecule has 0 aliphatic heterocycles. The van der Waals surface area contributed by atoms with E-state index in [4.69, 9.17) is 0 Å². The molecule has 1 unspecified atom stereocenters. The smallest absolute Gasteiger partial charge is 0.151 e. The molecule has 1 aromatic heterocycles. The van der Waals surface area contributed by atoms with Gasteiger partial charge in [-0.3, -0.25) is 0 Å². The molecule has 0 amide bonds. The van der Waals surface area contributed by atoms with Crippen LogP contribution in [0.4, 0.5) is 4.39 Å². The van der Waals surface area contributed by atoms with Gasteiger partial charge >= 0.3 is 0 Å². The molecule has 2 rings (SSSR count). The van der Waals surface area contributed by atoms with Crippen LogP contribution in [-0.2, 0) is 0 Å². The molecule has 0 bridgehead atoms. The summed E-state index contributed by atoms with van der Waals surface area (Å²) < 4.78 is 14.5. The Balaban J connectivity index is 2.26. The molecule has 1 atom stereocenters. The normalized spacial score (nSPS) is 12.6. The van der Waals surface area contributed by atoms with Crippen LogP contribution < -0.4 is 5.32 Å². The quantitative estimate of drug-likeness (QED) is 0.885. The zero-order valence-electron chi connectivity index (χ0n) is 10.8. The molecule has 0 aliphatic rings. The fourth-order valence-corrected chi connectivity index (χ4v) is 3.25. The van der Waals surface area contributed by atoms with E-state index in [2.05, 4.69) is 38.4 Å². The van der Waals surface area contributed by atoms with Gasteiger partial charge in [0.15, 0.2) is 5.01 Å². The third-order valence-electron chi connectivity index (χ3n) is 2.69. The summed E-state index contributed by atoms with van der Waals surface area (Å²) in [6.45, 7) is 5.08. The highest BCUT2D eigenvalue weighted by Gasteiger charge is 2.16. The molecule has 1 N–H and O–H groups in total. The summed E-state index contributed by atoms with van der Waals surface area (Å²) in [7, 11) is 0. The Labute approximate surface area is 124 Å². The second kappa shape index (κ2) is 6.54. The summed E-state index contributed by atoms with van der Waals surface area (Å²) in [6, 6.07) is 5.03. The van der Waals surface area contributed by atoms with E-state index in [1.165, 1.54) is 17.4 Å². The SMILES string of the molecule is CCCNC(C)c1nnc(-c2c(F)cccc2Br)s1. The average molecular weight is 344 g/mol. The molecule has 0 spiro atoms. The molecule has 102 valence electrons. The van der Waals surface area contributed by atoms with Gasteiger partial charge in [0.05, 0.1) is 11.6 Å². The number of nitrogens with zero attached hydrogens (tertiary/aromatic N) is 2. The van der Waals surface area contributed by atoms with Gasteiger partial charge in [-0.15, -0.1) is 10.2 Å². The van der Waals surface area contributed by atoms with Gasteiger partial charge in [-0.25, -0.2) is 4.39 Å². The van der Waals surface area contributed by atoms with E-state index in [9.17, 15) is 4.39 Å². The van der Waals surface area contributed by atoms with Crippen molar-refractivity contribution in [2.45, 2.75) is 26.3 Å². The largest absolute Gasteiger partial charge is 0.308 e. The fourth-order valence-electron chi connectivity index (χ4n) is 1.66. The van der Waals surface area contributed by atoms with Gasteiger partial charge in [0.1, 0.15) is 10.8 Å². The maximum atomic E-state index is 13.8. The van der Waals surface area contributed by atoms with Crippen LogP contribution in [0, 0.1) is 5.82 Å². The molecule has 0 saturated heterocycles. The number of halogens is 2. The topological polar surface area (TPSA) is 37.8 Å². The Hall–Kier alpha value is -0.850. The monoisotopic (exact) mass is 343 g/mol.